The van der Waals surface area contributed by atoms with Gasteiger partial charge >= 0.3 is 8.16 Å². The smallest absolute Gasteiger partial charge is 0.338 e. The van der Waals surface area contributed by atoms with E-state index in [1.165, 1.54) is 10.8 Å². The van der Waals surface area contributed by atoms with Gasteiger partial charge in [-0.05, 0) is 45.8 Å². The van der Waals surface area contributed by atoms with Crippen LogP contribution in [0.25, 0.3) is 43.5 Å². The number of aromatic nitrogens is 1. The molecule has 1 N–H and O–H groups in total. The van der Waals surface area contributed by atoms with E-state index in [-0.39, 0.29) is 0 Å². The summed E-state index contributed by atoms with van der Waals surface area (Å²) in [6.07, 6.45) is 3.51. The molecule has 5 heteroatoms. The van der Waals surface area contributed by atoms with Gasteiger partial charge in [-0.2, -0.15) is 0 Å². The summed E-state index contributed by atoms with van der Waals surface area (Å²) in [7, 11) is -1.45. The average Bonchev–Trinajstić information content (AvgIpc) is 2.96. The number of fused-ring (bicyclic) bond motifs is 7. The van der Waals surface area contributed by atoms with Crippen molar-refractivity contribution in [2.24, 2.45) is 0 Å². The van der Waals surface area contributed by atoms with Crippen LogP contribution in [0.4, 0.5) is 5.69 Å². The van der Waals surface area contributed by atoms with Gasteiger partial charge in [-0.15, -0.1) is 0 Å². The molecular formula is C25H17N2O2P. The van der Waals surface area contributed by atoms with Crippen molar-refractivity contribution in [2.45, 2.75) is 0 Å². The number of benzene rings is 4. The molecule has 30 heavy (non-hydrogen) atoms. The van der Waals surface area contributed by atoms with Gasteiger partial charge in [-0.3, -0.25) is 10.1 Å². The molecule has 0 unspecified atom stereocenters. The summed E-state index contributed by atoms with van der Waals surface area (Å²) in [6.45, 7) is 0. The minimum absolute atomic E-state index is 0.811. The maximum Gasteiger partial charge on any atom is 0.338 e. The van der Waals surface area contributed by atoms with E-state index in [1.807, 2.05) is 24.3 Å². The molecule has 0 saturated heterocycles. The molecule has 4 nitrogen and oxygen atoms in total. The molecule has 2 heterocycles. The Morgan fingerprint density at radius 2 is 1.23 bits per heavy atom. The lowest BCUT2D eigenvalue weighted by Gasteiger charge is -2.05. The Kier molecular flexibility index (Phi) is 3.97. The summed E-state index contributed by atoms with van der Waals surface area (Å²) in [5, 5.41) is 10.1. The number of hydrogen-bond donors (Lipinski definition) is 1. The second-order valence-corrected chi connectivity index (χ2v) is 8.22. The van der Waals surface area contributed by atoms with Crippen molar-refractivity contribution in [1.29, 1.82) is 0 Å². The van der Waals surface area contributed by atoms with Crippen LogP contribution in [0, 0.1) is 0 Å². The molecule has 0 fully saturated rings. The number of anilines is 1. The number of pyridine rings is 1. The van der Waals surface area contributed by atoms with Crippen LogP contribution in [0.1, 0.15) is 0 Å². The second kappa shape index (κ2) is 6.94. The summed E-state index contributed by atoms with van der Waals surface area (Å²) in [4.78, 5) is 4.18. The highest BCUT2D eigenvalue weighted by Gasteiger charge is 2.12. The van der Waals surface area contributed by atoms with E-state index in [4.69, 9.17) is 8.39 Å². The topological polar surface area (TPSA) is 51.2 Å². The molecule has 6 rings (SSSR count). The van der Waals surface area contributed by atoms with E-state index < -0.39 is 8.16 Å². The van der Waals surface area contributed by atoms with Crippen molar-refractivity contribution in [1.82, 2.24) is 4.98 Å². The summed E-state index contributed by atoms with van der Waals surface area (Å²) >= 11 is 0. The Morgan fingerprint density at radius 3 is 1.80 bits per heavy atom. The second-order valence-electron chi connectivity index (χ2n) is 7.11. The first kappa shape index (κ1) is 17.1. The molecule has 2 aromatic heterocycles. The average molecular weight is 408 g/mol. The molecule has 0 atom stereocenters. The molecule has 0 amide bonds. The summed E-state index contributed by atoms with van der Waals surface area (Å²) in [5.41, 5.74) is 2.48. The largest absolute Gasteiger partial charge is 0.404 e. The Morgan fingerprint density at radius 1 is 0.633 bits per heavy atom. The first-order valence-electron chi connectivity index (χ1n) is 9.73. The fourth-order valence-electron chi connectivity index (χ4n) is 3.95. The molecule has 6 aromatic rings. The van der Waals surface area contributed by atoms with E-state index in [2.05, 4.69) is 70.7 Å². The van der Waals surface area contributed by atoms with Crippen molar-refractivity contribution < 1.29 is 8.39 Å². The fourth-order valence-corrected chi connectivity index (χ4v) is 5.08. The van der Waals surface area contributed by atoms with Crippen LogP contribution < -0.4 is 5.09 Å². The van der Waals surface area contributed by atoms with Gasteiger partial charge in [0.2, 0.25) is 0 Å². The number of hydrogen-bond acceptors (Lipinski definition) is 4. The van der Waals surface area contributed by atoms with E-state index in [9.17, 15) is 0 Å². The predicted molar refractivity (Wildman–Crippen MR) is 125 cm³/mol. The zero-order valence-corrected chi connectivity index (χ0v) is 16.8. The van der Waals surface area contributed by atoms with Gasteiger partial charge < -0.3 is 8.39 Å². The third kappa shape index (κ3) is 2.81. The first-order chi connectivity index (χ1) is 14.9. The molecule has 144 valence electrons. The van der Waals surface area contributed by atoms with Gasteiger partial charge in [0.15, 0.2) is 0 Å². The predicted octanol–water partition coefficient (Wildman–Crippen LogP) is 7.87. The fraction of sp³-hybridized carbons (Fsp3) is 0. The number of rotatable bonds is 2. The van der Waals surface area contributed by atoms with E-state index in [0.29, 0.717) is 0 Å². The Balaban J connectivity index is 1.81. The molecule has 4 aromatic carbocycles. The summed E-state index contributed by atoms with van der Waals surface area (Å²) in [5.74, 6) is 0. The molecule has 0 aliphatic carbocycles. The molecule has 0 bridgehead atoms. The van der Waals surface area contributed by atoms with E-state index in [0.717, 1.165) is 38.4 Å². The quantitative estimate of drug-likeness (QED) is 0.317. The molecule has 0 spiro atoms. The van der Waals surface area contributed by atoms with E-state index in [1.54, 1.807) is 12.4 Å². The van der Waals surface area contributed by atoms with Crippen molar-refractivity contribution in [3.63, 3.8) is 0 Å². The monoisotopic (exact) mass is 408 g/mol. The maximum atomic E-state index is 6.40. The van der Waals surface area contributed by atoms with Crippen LogP contribution in [0.2, 0.25) is 0 Å². The zero-order valence-electron chi connectivity index (χ0n) is 15.9. The van der Waals surface area contributed by atoms with Gasteiger partial charge in [0, 0.05) is 17.0 Å². The lowest BCUT2D eigenvalue weighted by atomic mass is 9.99. The third-order valence-electron chi connectivity index (χ3n) is 5.28. The molecular weight excluding hydrogens is 391 g/mol. The third-order valence-corrected chi connectivity index (χ3v) is 6.44. The highest BCUT2D eigenvalue weighted by Crippen LogP contribution is 2.40. The molecule has 0 saturated carbocycles. The zero-order chi connectivity index (χ0) is 19.9. The normalized spacial score (nSPS) is 11.3. The Labute approximate surface area is 173 Å². The van der Waals surface area contributed by atoms with Gasteiger partial charge in [-0.1, -0.05) is 60.7 Å². The number of nitrogens with zero attached hydrogens (tertiary/aromatic N) is 1. The van der Waals surface area contributed by atoms with Gasteiger partial charge in [0.05, 0.1) is 11.9 Å². The SMILES string of the molecule is c1cncc(Np2oc3ccc4ccccc4c3c3c(ccc4ccccc43)o2)c1. The molecule has 0 aliphatic heterocycles. The van der Waals surface area contributed by atoms with Crippen LogP contribution in [-0.2, 0) is 0 Å². The standard InChI is InChI=1S/C25H17N2O2P/c1-3-9-20-17(6-1)11-13-22-24(20)25-21-10-4-2-7-18(21)12-14-23(25)29-30(28-22)27-19-8-5-15-26-16-19/h1-16,27H. The summed E-state index contributed by atoms with van der Waals surface area (Å²) < 4.78 is 12.8. The minimum Gasteiger partial charge on any atom is -0.404 e. The van der Waals surface area contributed by atoms with Crippen molar-refractivity contribution in [3.8, 4) is 0 Å². The highest BCUT2D eigenvalue weighted by atomic mass is 31.1. The van der Waals surface area contributed by atoms with E-state index >= 15 is 0 Å². The van der Waals surface area contributed by atoms with Gasteiger partial charge in [0.1, 0.15) is 11.2 Å². The minimum atomic E-state index is -1.45. The van der Waals surface area contributed by atoms with Crippen molar-refractivity contribution in [3.05, 3.63) is 97.3 Å². The lowest BCUT2D eigenvalue weighted by Crippen LogP contribution is -1.83. The van der Waals surface area contributed by atoms with Gasteiger partial charge in [-0.25, -0.2) is 0 Å². The van der Waals surface area contributed by atoms with Crippen molar-refractivity contribution >= 4 is 57.3 Å². The van der Waals surface area contributed by atoms with Crippen LogP contribution in [0.15, 0.2) is 106 Å². The van der Waals surface area contributed by atoms with Crippen molar-refractivity contribution in [2.75, 3.05) is 5.09 Å². The van der Waals surface area contributed by atoms with Crippen LogP contribution >= 0.6 is 8.16 Å². The summed E-state index contributed by atoms with van der Waals surface area (Å²) in [6, 6.07) is 28.9. The van der Waals surface area contributed by atoms with Crippen LogP contribution in [-0.4, -0.2) is 4.98 Å². The van der Waals surface area contributed by atoms with Gasteiger partial charge in [0.25, 0.3) is 0 Å². The highest BCUT2D eigenvalue weighted by molar-refractivity contribution is 7.39. The Hall–Kier alpha value is -3.75. The molecule has 0 radical (unpaired) electrons. The van der Waals surface area contributed by atoms with Crippen LogP contribution in [0.5, 0.6) is 0 Å². The molecule has 0 aliphatic rings. The lowest BCUT2D eigenvalue weighted by molar-refractivity contribution is 0.646. The Bertz CT molecular complexity index is 1480. The maximum absolute atomic E-state index is 6.40. The van der Waals surface area contributed by atoms with Crippen LogP contribution in [0.3, 0.4) is 0 Å². The number of nitrogens with one attached hydrogen (secondary N) is 1. The first-order valence-corrected chi connectivity index (χ1v) is 10.9.